The lowest BCUT2D eigenvalue weighted by Crippen LogP contribution is -2.40. The second kappa shape index (κ2) is 8.15. The van der Waals surface area contributed by atoms with Crippen molar-refractivity contribution in [2.24, 2.45) is 5.10 Å². The second-order valence-corrected chi connectivity index (χ2v) is 5.29. The van der Waals surface area contributed by atoms with Crippen molar-refractivity contribution in [1.29, 1.82) is 0 Å². The number of hydrogen-bond donors (Lipinski definition) is 1. The first-order chi connectivity index (χ1) is 11.4. The minimum Gasteiger partial charge on any atom is -0.378 e. The Hall–Kier alpha value is -2.59. The molecular weight excluding hydrogens is 286 g/mol. The third kappa shape index (κ3) is 4.69. The van der Waals surface area contributed by atoms with Gasteiger partial charge in [0.15, 0.2) is 0 Å². The van der Waals surface area contributed by atoms with Crippen LogP contribution in [-0.4, -0.2) is 37.0 Å². The highest BCUT2D eigenvalue weighted by molar-refractivity contribution is 5.97. The molecule has 23 heavy (non-hydrogen) atoms. The molecule has 118 valence electrons. The fourth-order valence-electron chi connectivity index (χ4n) is 2.38. The monoisotopic (exact) mass is 307 g/mol. The van der Waals surface area contributed by atoms with Gasteiger partial charge in [-0.2, -0.15) is 5.10 Å². The molecule has 0 radical (unpaired) electrons. The van der Waals surface area contributed by atoms with Gasteiger partial charge in [0, 0.05) is 13.1 Å². The first-order valence-corrected chi connectivity index (χ1v) is 7.86. The molecule has 0 spiro atoms. The van der Waals surface area contributed by atoms with E-state index < -0.39 is 0 Å². The predicted molar refractivity (Wildman–Crippen MR) is 95.4 cm³/mol. The van der Waals surface area contributed by atoms with Gasteiger partial charge in [-0.25, -0.2) is 0 Å². The Balaban J connectivity index is 1.76. The van der Waals surface area contributed by atoms with Crippen molar-refractivity contribution >= 4 is 17.6 Å². The largest absolute Gasteiger partial charge is 0.378 e. The Morgan fingerprint density at radius 3 is 2.30 bits per heavy atom. The van der Waals surface area contributed by atoms with Crippen LogP contribution < -0.4 is 5.43 Å². The fourth-order valence-corrected chi connectivity index (χ4v) is 2.38. The number of anilines is 1. The van der Waals surface area contributed by atoms with Crippen molar-refractivity contribution in [3.05, 3.63) is 72.3 Å². The summed E-state index contributed by atoms with van der Waals surface area (Å²) in [6.45, 7) is 3.19. The van der Waals surface area contributed by atoms with E-state index in [0.717, 1.165) is 43.4 Å². The molecule has 0 aromatic heterocycles. The minimum atomic E-state index is 0.740. The van der Waals surface area contributed by atoms with Crippen molar-refractivity contribution in [3.63, 3.8) is 0 Å². The van der Waals surface area contributed by atoms with Crippen LogP contribution >= 0.6 is 0 Å². The molecule has 0 saturated carbocycles. The molecule has 2 aromatic rings. The van der Waals surface area contributed by atoms with Crippen LogP contribution in [-0.2, 0) is 4.74 Å². The minimum absolute atomic E-state index is 0.740. The molecular formula is C19H21N3O. The molecule has 0 unspecified atom stereocenters. The Labute approximate surface area is 137 Å². The number of nitrogens with zero attached hydrogens (tertiary/aromatic N) is 2. The summed E-state index contributed by atoms with van der Waals surface area (Å²) in [5.41, 5.74) is 5.27. The molecule has 1 fully saturated rings. The van der Waals surface area contributed by atoms with Crippen LogP contribution in [0.4, 0.5) is 5.69 Å². The van der Waals surface area contributed by atoms with Gasteiger partial charge in [0.05, 0.1) is 18.9 Å². The van der Waals surface area contributed by atoms with E-state index in [1.165, 1.54) is 0 Å². The summed E-state index contributed by atoms with van der Waals surface area (Å²) < 4.78 is 5.43. The van der Waals surface area contributed by atoms with Gasteiger partial charge < -0.3 is 9.64 Å². The number of hydrazone groups is 1. The van der Waals surface area contributed by atoms with Crippen LogP contribution in [0.2, 0.25) is 0 Å². The van der Waals surface area contributed by atoms with Gasteiger partial charge in [-0.15, -0.1) is 0 Å². The maximum atomic E-state index is 5.43. The van der Waals surface area contributed by atoms with E-state index in [-0.39, 0.29) is 0 Å². The summed E-state index contributed by atoms with van der Waals surface area (Å²) in [7, 11) is 0. The number of rotatable bonds is 4. The summed E-state index contributed by atoms with van der Waals surface area (Å²) in [5.74, 6) is 0.918. The average molecular weight is 307 g/mol. The zero-order valence-corrected chi connectivity index (χ0v) is 13.1. The second-order valence-electron chi connectivity index (χ2n) is 5.29. The van der Waals surface area contributed by atoms with Crippen LogP contribution in [0.15, 0.2) is 71.8 Å². The van der Waals surface area contributed by atoms with E-state index in [2.05, 4.69) is 39.7 Å². The topological polar surface area (TPSA) is 36.9 Å². The Kier molecular flexibility index (Phi) is 5.43. The van der Waals surface area contributed by atoms with Gasteiger partial charge >= 0.3 is 0 Å². The zero-order valence-electron chi connectivity index (χ0n) is 13.1. The van der Waals surface area contributed by atoms with Crippen LogP contribution in [0, 0.1) is 0 Å². The van der Waals surface area contributed by atoms with Gasteiger partial charge in [0.2, 0.25) is 0 Å². The molecule has 1 heterocycles. The van der Waals surface area contributed by atoms with Crippen molar-refractivity contribution in [2.45, 2.75) is 0 Å². The van der Waals surface area contributed by atoms with Crippen molar-refractivity contribution in [2.75, 3.05) is 31.7 Å². The van der Waals surface area contributed by atoms with Gasteiger partial charge in [0.1, 0.15) is 5.84 Å². The fraction of sp³-hybridized carbons (Fsp3) is 0.211. The van der Waals surface area contributed by atoms with Gasteiger partial charge in [-0.3, -0.25) is 5.43 Å². The standard InChI is InChI=1S/C19H21N3O/c1-3-7-17(8-4-1)11-12-19(22-13-15-23-16-14-22)21-20-18-9-5-2-6-10-18/h1-12,20H,13-16H2/b12-11+,21-19-. The summed E-state index contributed by atoms with van der Waals surface area (Å²) >= 11 is 0. The van der Waals surface area contributed by atoms with E-state index >= 15 is 0 Å². The Bertz CT molecular complexity index is 647. The molecule has 0 atom stereocenters. The Morgan fingerprint density at radius 2 is 1.61 bits per heavy atom. The number of amidine groups is 1. The third-order valence-electron chi connectivity index (χ3n) is 3.63. The Morgan fingerprint density at radius 1 is 0.957 bits per heavy atom. The third-order valence-corrected chi connectivity index (χ3v) is 3.63. The molecule has 3 rings (SSSR count). The zero-order chi connectivity index (χ0) is 15.7. The van der Waals surface area contributed by atoms with E-state index in [9.17, 15) is 0 Å². The maximum Gasteiger partial charge on any atom is 0.148 e. The van der Waals surface area contributed by atoms with Crippen molar-refractivity contribution in [1.82, 2.24) is 4.90 Å². The highest BCUT2D eigenvalue weighted by atomic mass is 16.5. The molecule has 1 saturated heterocycles. The SMILES string of the molecule is C(=C\c1ccccc1)/C(=N/Nc1ccccc1)N1CCOCC1. The quantitative estimate of drug-likeness (QED) is 0.534. The van der Waals surface area contributed by atoms with E-state index in [1.807, 2.05) is 48.5 Å². The van der Waals surface area contributed by atoms with E-state index in [1.54, 1.807) is 0 Å². The molecule has 1 N–H and O–H groups in total. The molecule has 0 bridgehead atoms. The van der Waals surface area contributed by atoms with Crippen LogP contribution in [0.5, 0.6) is 0 Å². The lowest BCUT2D eigenvalue weighted by atomic mass is 10.2. The summed E-state index contributed by atoms with van der Waals surface area (Å²) in [6.07, 6.45) is 4.14. The number of para-hydroxylation sites is 1. The molecule has 2 aromatic carbocycles. The lowest BCUT2D eigenvalue weighted by Gasteiger charge is -2.28. The predicted octanol–water partition coefficient (Wildman–Crippen LogP) is 3.46. The molecule has 4 nitrogen and oxygen atoms in total. The molecule has 0 amide bonds. The summed E-state index contributed by atoms with van der Waals surface area (Å²) in [5, 5.41) is 4.58. The smallest absolute Gasteiger partial charge is 0.148 e. The molecule has 1 aliphatic heterocycles. The summed E-state index contributed by atoms with van der Waals surface area (Å²) in [4.78, 5) is 2.24. The van der Waals surface area contributed by atoms with E-state index in [0.29, 0.717) is 0 Å². The highest BCUT2D eigenvalue weighted by Crippen LogP contribution is 2.08. The van der Waals surface area contributed by atoms with Gasteiger partial charge in [-0.1, -0.05) is 54.6 Å². The normalized spacial score (nSPS) is 15.8. The van der Waals surface area contributed by atoms with Crippen molar-refractivity contribution < 1.29 is 4.74 Å². The molecule has 4 heteroatoms. The number of hydrogen-bond acceptors (Lipinski definition) is 3. The van der Waals surface area contributed by atoms with Gasteiger partial charge in [0.25, 0.3) is 0 Å². The number of morpholine rings is 1. The highest BCUT2D eigenvalue weighted by Gasteiger charge is 2.13. The number of benzene rings is 2. The molecule has 0 aliphatic carbocycles. The van der Waals surface area contributed by atoms with E-state index in [4.69, 9.17) is 4.74 Å². The lowest BCUT2D eigenvalue weighted by molar-refractivity contribution is 0.0684. The first kappa shape index (κ1) is 15.3. The van der Waals surface area contributed by atoms with Crippen LogP contribution in [0.1, 0.15) is 5.56 Å². The first-order valence-electron chi connectivity index (χ1n) is 7.86. The molecule has 1 aliphatic rings. The van der Waals surface area contributed by atoms with Crippen molar-refractivity contribution in [3.8, 4) is 0 Å². The summed E-state index contributed by atoms with van der Waals surface area (Å²) in [6, 6.07) is 20.2. The van der Waals surface area contributed by atoms with Gasteiger partial charge in [-0.05, 0) is 23.8 Å². The number of ether oxygens (including phenoxy) is 1. The maximum absolute atomic E-state index is 5.43. The average Bonchev–Trinajstić information content (AvgIpc) is 2.64. The number of nitrogens with one attached hydrogen (secondary N) is 1. The van der Waals surface area contributed by atoms with Crippen LogP contribution in [0.3, 0.4) is 0 Å². The van der Waals surface area contributed by atoms with Crippen LogP contribution in [0.25, 0.3) is 6.08 Å².